The molecule has 0 saturated heterocycles. The number of alkyl halides is 3. The number of aromatic nitrogens is 5. The molecule has 1 N–H and O–H groups in total. The first-order valence-electron chi connectivity index (χ1n) is 9.81. The molecule has 3 aromatic rings. The maximum absolute atomic E-state index is 13.0. The number of sulfonamides is 1. The van der Waals surface area contributed by atoms with Gasteiger partial charge in [-0.05, 0) is 31.9 Å². The number of nitrogens with zero attached hydrogens (tertiary/aromatic N) is 5. The number of nitrogens with one attached hydrogen (secondary N) is 1. The Balaban J connectivity index is 1.46. The molecule has 0 aromatic carbocycles. The molecular formula is C19H18ClF3N6O4S. The van der Waals surface area contributed by atoms with Crippen molar-refractivity contribution in [1.82, 2.24) is 29.3 Å². The van der Waals surface area contributed by atoms with Crippen molar-refractivity contribution in [1.29, 1.82) is 0 Å². The molecule has 1 aliphatic carbocycles. The van der Waals surface area contributed by atoms with Crippen molar-refractivity contribution in [2.75, 3.05) is 6.61 Å². The number of hydrogen-bond donors (Lipinski definition) is 1. The monoisotopic (exact) mass is 518 g/mol. The van der Waals surface area contributed by atoms with E-state index in [0.717, 1.165) is 0 Å². The Hall–Kier alpha value is -3.13. The van der Waals surface area contributed by atoms with Crippen molar-refractivity contribution in [3.05, 3.63) is 47.0 Å². The summed E-state index contributed by atoms with van der Waals surface area (Å²) in [6, 6.07) is 3.96. The van der Waals surface area contributed by atoms with Crippen molar-refractivity contribution in [2.45, 2.75) is 30.8 Å². The van der Waals surface area contributed by atoms with E-state index in [2.05, 4.69) is 15.2 Å². The lowest BCUT2D eigenvalue weighted by atomic mass is 10.1. The molecule has 34 heavy (non-hydrogen) atoms. The van der Waals surface area contributed by atoms with E-state index in [-0.39, 0.29) is 45.8 Å². The average Bonchev–Trinajstić information content (AvgIpc) is 3.26. The van der Waals surface area contributed by atoms with Crippen LogP contribution in [-0.2, 0) is 17.1 Å². The standard InChI is InChI=1S/C19H18ClF3N6O4S/c1-11-13(9-28(2)25-11)34(31,32)27-17(30)12-3-4-14(24-16(12)20)29-8-5-15(26-29)33-10-18(6-7-18)19(21,22)23/h3-5,8-9H,6-7,10H2,1-2H3,(H,27,30). The molecule has 3 aromatic heterocycles. The smallest absolute Gasteiger partial charge is 0.397 e. The second-order valence-corrected chi connectivity index (χ2v) is 9.87. The van der Waals surface area contributed by atoms with Gasteiger partial charge in [-0.3, -0.25) is 9.48 Å². The molecule has 0 radical (unpaired) electrons. The number of ether oxygens (including phenoxy) is 1. The SMILES string of the molecule is Cc1nn(C)cc1S(=O)(=O)NC(=O)c1ccc(-n2ccc(OCC3(C(F)(F)F)CC3)n2)nc1Cl. The van der Waals surface area contributed by atoms with Crippen LogP contribution in [-0.4, -0.2) is 51.7 Å². The van der Waals surface area contributed by atoms with Crippen LogP contribution in [0.4, 0.5) is 13.2 Å². The second-order valence-electron chi connectivity index (χ2n) is 7.86. The van der Waals surface area contributed by atoms with E-state index in [9.17, 15) is 26.4 Å². The summed E-state index contributed by atoms with van der Waals surface area (Å²) in [5, 5.41) is 7.65. The number of carbonyl (C=O) groups is 1. The first-order chi connectivity index (χ1) is 15.8. The molecule has 15 heteroatoms. The van der Waals surface area contributed by atoms with Crippen LogP contribution >= 0.6 is 11.6 Å². The van der Waals surface area contributed by atoms with Gasteiger partial charge < -0.3 is 4.74 Å². The minimum Gasteiger partial charge on any atom is -0.476 e. The van der Waals surface area contributed by atoms with Gasteiger partial charge >= 0.3 is 6.18 Å². The van der Waals surface area contributed by atoms with Gasteiger partial charge in [0.2, 0.25) is 5.88 Å². The zero-order valence-corrected chi connectivity index (χ0v) is 19.4. The molecule has 1 fully saturated rings. The van der Waals surface area contributed by atoms with Crippen LogP contribution in [0.1, 0.15) is 28.9 Å². The highest BCUT2D eigenvalue weighted by molar-refractivity contribution is 7.90. The summed E-state index contributed by atoms with van der Waals surface area (Å²) in [6.45, 7) is 0.948. The molecule has 182 valence electrons. The van der Waals surface area contributed by atoms with E-state index in [1.54, 1.807) is 7.05 Å². The zero-order chi connectivity index (χ0) is 24.9. The quantitative estimate of drug-likeness (QED) is 0.477. The number of carbonyl (C=O) groups excluding carboxylic acids is 1. The van der Waals surface area contributed by atoms with E-state index in [0.29, 0.717) is 0 Å². The van der Waals surface area contributed by atoms with E-state index in [1.807, 2.05) is 4.72 Å². The van der Waals surface area contributed by atoms with Gasteiger partial charge in [-0.15, -0.1) is 5.10 Å². The van der Waals surface area contributed by atoms with E-state index >= 15 is 0 Å². The third kappa shape index (κ3) is 4.59. The second kappa shape index (κ2) is 8.27. The van der Waals surface area contributed by atoms with Gasteiger partial charge in [0.1, 0.15) is 22.1 Å². The lowest BCUT2D eigenvalue weighted by Crippen LogP contribution is -2.31. The number of rotatable bonds is 7. The van der Waals surface area contributed by atoms with Crippen LogP contribution in [0.25, 0.3) is 5.82 Å². The van der Waals surface area contributed by atoms with E-state index < -0.39 is 34.1 Å². The third-order valence-corrected chi connectivity index (χ3v) is 7.04. The molecule has 0 aliphatic heterocycles. The summed E-state index contributed by atoms with van der Waals surface area (Å²) < 4.78 is 73.7. The fourth-order valence-electron chi connectivity index (χ4n) is 3.18. The normalized spacial score (nSPS) is 15.2. The summed E-state index contributed by atoms with van der Waals surface area (Å²) in [6.07, 6.45) is -1.67. The van der Waals surface area contributed by atoms with Gasteiger partial charge in [0.15, 0.2) is 5.82 Å². The van der Waals surface area contributed by atoms with Gasteiger partial charge in [0.05, 0.1) is 11.3 Å². The largest absolute Gasteiger partial charge is 0.476 e. The highest BCUT2D eigenvalue weighted by Gasteiger charge is 2.64. The molecule has 1 aliphatic rings. The van der Waals surface area contributed by atoms with Gasteiger partial charge in [-0.2, -0.15) is 18.3 Å². The third-order valence-electron chi connectivity index (χ3n) is 5.31. The summed E-state index contributed by atoms with van der Waals surface area (Å²) in [4.78, 5) is 16.4. The molecule has 0 unspecified atom stereocenters. The van der Waals surface area contributed by atoms with Gasteiger partial charge in [0.25, 0.3) is 15.9 Å². The minimum atomic E-state index is -4.34. The van der Waals surface area contributed by atoms with Crippen LogP contribution in [0.2, 0.25) is 5.15 Å². The van der Waals surface area contributed by atoms with Gasteiger partial charge in [-0.25, -0.2) is 22.8 Å². The molecule has 0 bridgehead atoms. The summed E-state index contributed by atoms with van der Waals surface area (Å²) in [5.41, 5.74) is -1.83. The van der Waals surface area contributed by atoms with Crippen LogP contribution in [0.5, 0.6) is 5.88 Å². The molecule has 1 amide bonds. The van der Waals surface area contributed by atoms with Crippen LogP contribution < -0.4 is 9.46 Å². The van der Waals surface area contributed by atoms with Crippen LogP contribution in [0, 0.1) is 12.3 Å². The molecule has 1 saturated carbocycles. The average molecular weight is 519 g/mol. The Labute approximate surface area is 196 Å². The molecular weight excluding hydrogens is 501 g/mol. The highest BCUT2D eigenvalue weighted by atomic mass is 35.5. The fraction of sp³-hybridized carbons (Fsp3) is 0.368. The molecule has 10 nitrogen and oxygen atoms in total. The zero-order valence-electron chi connectivity index (χ0n) is 17.8. The first kappa shape index (κ1) is 24.0. The first-order valence-corrected chi connectivity index (χ1v) is 11.7. The van der Waals surface area contributed by atoms with Crippen molar-refractivity contribution < 1.29 is 31.1 Å². The predicted octanol–water partition coefficient (Wildman–Crippen LogP) is 2.80. The van der Waals surface area contributed by atoms with Gasteiger partial charge in [-0.1, -0.05) is 11.6 Å². The minimum absolute atomic E-state index is 0.00791. The maximum Gasteiger partial charge on any atom is 0.397 e. The Kier molecular flexibility index (Phi) is 5.84. The van der Waals surface area contributed by atoms with E-state index in [4.69, 9.17) is 16.3 Å². The summed E-state index contributed by atoms with van der Waals surface area (Å²) >= 11 is 6.09. The maximum atomic E-state index is 13.0. The Morgan fingerprint density at radius 1 is 1.26 bits per heavy atom. The lowest BCUT2D eigenvalue weighted by molar-refractivity contribution is -0.194. The molecule has 0 atom stereocenters. The Morgan fingerprint density at radius 3 is 2.53 bits per heavy atom. The van der Waals surface area contributed by atoms with Crippen molar-refractivity contribution >= 4 is 27.5 Å². The molecule has 4 rings (SSSR count). The number of amides is 1. The number of aryl methyl sites for hydroxylation is 2. The van der Waals surface area contributed by atoms with Crippen LogP contribution in [0.15, 0.2) is 35.5 Å². The van der Waals surface area contributed by atoms with Gasteiger partial charge in [0, 0.05) is 25.5 Å². The predicted molar refractivity (Wildman–Crippen MR) is 112 cm³/mol. The highest BCUT2D eigenvalue weighted by Crippen LogP contribution is 2.57. The number of hydrogen-bond acceptors (Lipinski definition) is 7. The topological polar surface area (TPSA) is 121 Å². The van der Waals surface area contributed by atoms with Crippen molar-refractivity contribution in [3.63, 3.8) is 0 Å². The molecule has 3 heterocycles. The Morgan fingerprint density at radius 2 is 1.97 bits per heavy atom. The number of halogens is 4. The van der Waals surface area contributed by atoms with Crippen molar-refractivity contribution in [3.8, 4) is 11.7 Å². The molecule has 0 spiro atoms. The lowest BCUT2D eigenvalue weighted by Gasteiger charge is -2.18. The summed E-state index contributed by atoms with van der Waals surface area (Å²) in [5.74, 6) is -0.897. The van der Waals surface area contributed by atoms with Crippen LogP contribution in [0.3, 0.4) is 0 Å². The van der Waals surface area contributed by atoms with Crippen molar-refractivity contribution in [2.24, 2.45) is 12.5 Å². The number of pyridine rings is 1. The van der Waals surface area contributed by atoms with E-state index in [1.165, 1.54) is 46.9 Å². The Bertz CT molecular complexity index is 1360. The summed E-state index contributed by atoms with van der Waals surface area (Å²) in [7, 11) is -2.66. The fourth-order valence-corrected chi connectivity index (χ4v) is 4.60.